The van der Waals surface area contributed by atoms with E-state index in [4.69, 9.17) is 0 Å². The summed E-state index contributed by atoms with van der Waals surface area (Å²) in [6.07, 6.45) is 1.68. The van der Waals surface area contributed by atoms with Crippen molar-refractivity contribution in [3.63, 3.8) is 0 Å². The maximum absolute atomic E-state index is 11.4. The Morgan fingerprint density at radius 3 is 2.60 bits per heavy atom. The van der Waals surface area contributed by atoms with Gasteiger partial charge in [0.05, 0.1) is 0 Å². The fraction of sp³-hybridized carbons (Fsp3) is 0.0588. The molecule has 0 atom stereocenters. The second-order valence-electron chi connectivity index (χ2n) is 4.55. The molecule has 0 saturated heterocycles. The zero-order valence-electron chi connectivity index (χ0n) is 11.0. The number of carbonyl (C=O) groups is 1. The SMILES string of the molecule is CC(=O)c1ccnc(Sc2ccc3ccccc3c2)c1. The molecule has 0 aliphatic carbocycles. The van der Waals surface area contributed by atoms with Gasteiger partial charge >= 0.3 is 0 Å². The second kappa shape index (κ2) is 5.47. The van der Waals surface area contributed by atoms with Gasteiger partial charge in [0.25, 0.3) is 0 Å². The van der Waals surface area contributed by atoms with Crippen LogP contribution in [0.25, 0.3) is 10.8 Å². The summed E-state index contributed by atoms with van der Waals surface area (Å²) in [4.78, 5) is 16.8. The van der Waals surface area contributed by atoms with Crippen LogP contribution in [0.5, 0.6) is 0 Å². The van der Waals surface area contributed by atoms with Gasteiger partial charge in [0.2, 0.25) is 0 Å². The molecule has 0 N–H and O–H groups in total. The number of nitrogens with zero attached hydrogens (tertiary/aromatic N) is 1. The Kier molecular flexibility index (Phi) is 3.52. The lowest BCUT2D eigenvalue weighted by atomic mass is 10.1. The Bertz CT molecular complexity index is 783. The maximum atomic E-state index is 11.4. The number of carbonyl (C=O) groups excluding carboxylic acids is 1. The van der Waals surface area contributed by atoms with Gasteiger partial charge in [-0.1, -0.05) is 42.1 Å². The third-order valence-electron chi connectivity index (χ3n) is 3.08. The van der Waals surface area contributed by atoms with E-state index >= 15 is 0 Å². The molecule has 2 nitrogen and oxygen atoms in total. The quantitative estimate of drug-likeness (QED) is 0.657. The second-order valence-corrected chi connectivity index (χ2v) is 5.64. The van der Waals surface area contributed by atoms with Crippen LogP contribution in [-0.4, -0.2) is 10.8 Å². The minimum Gasteiger partial charge on any atom is -0.295 e. The van der Waals surface area contributed by atoms with Crippen LogP contribution >= 0.6 is 11.8 Å². The fourth-order valence-electron chi connectivity index (χ4n) is 2.04. The number of fused-ring (bicyclic) bond motifs is 1. The zero-order valence-corrected chi connectivity index (χ0v) is 11.9. The predicted molar refractivity (Wildman–Crippen MR) is 82.3 cm³/mol. The van der Waals surface area contributed by atoms with Gasteiger partial charge in [-0.05, 0) is 42.0 Å². The van der Waals surface area contributed by atoms with Crippen LogP contribution in [0.15, 0.2) is 70.7 Å². The van der Waals surface area contributed by atoms with Crippen LogP contribution in [-0.2, 0) is 0 Å². The van der Waals surface area contributed by atoms with Crippen LogP contribution in [0.4, 0.5) is 0 Å². The van der Waals surface area contributed by atoms with Crippen LogP contribution in [0.1, 0.15) is 17.3 Å². The first-order chi connectivity index (χ1) is 9.72. The summed E-state index contributed by atoms with van der Waals surface area (Å²) in [5, 5.41) is 3.27. The van der Waals surface area contributed by atoms with Crippen molar-refractivity contribution in [3.8, 4) is 0 Å². The highest BCUT2D eigenvalue weighted by Crippen LogP contribution is 2.29. The van der Waals surface area contributed by atoms with E-state index in [1.807, 2.05) is 18.2 Å². The molecule has 0 bridgehead atoms. The average molecular weight is 279 g/mol. The van der Waals surface area contributed by atoms with Gasteiger partial charge in [-0.15, -0.1) is 0 Å². The molecule has 20 heavy (non-hydrogen) atoms. The van der Waals surface area contributed by atoms with Crippen LogP contribution in [0.3, 0.4) is 0 Å². The highest BCUT2D eigenvalue weighted by Gasteiger charge is 2.04. The van der Waals surface area contributed by atoms with Crippen molar-refractivity contribution in [2.45, 2.75) is 16.8 Å². The fourth-order valence-corrected chi connectivity index (χ4v) is 2.90. The molecule has 3 rings (SSSR count). The van der Waals surface area contributed by atoms with E-state index in [1.54, 1.807) is 30.9 Å². The van der Waals surface area contributed by atoms with Gasteiger partial charge < -0.3 is 0 Å². The van der Waals surface area contributed by atoms with Gasteiger partial charge in [0, 0.05) is 16.7 Å². The molecule has 0 saturated carbocycles. The summed E-state index contributed by atoms with van der Waals surface area (Å²) < 4.78 is 0. The van der Waals surface area contributed by atoms with E-state index in [0.29, 0.717) is 5.56 Å². The summed E-state index contributed by atoms with van der Waals surface area (Å²) in [7, 11) is 0. The molecule has 2 aromatic carbocycles. The lowest BCUT2D eigenvalue weighted by Gasteiger charge is -2.04. The lowest BCUT2D eigenvalue weighted by molar-refractivity contribution is 0.101. The van der Waals surface area contributed by atoms with Crippen molar-refractivity contribution in [3.05, 3.63) is 66.4 Å². The van der Waals surface area contributed by atoms with Gasteiger partial charge in [-0.2, -0.15) is 0 Å². The summed E-state index contributed by atoms with van der Waals surface area (Å²) >= 11 is 1.57. The van der Waals surface area contributed by atoms with E-state index in [0.717, 1.165) is 9.92 Å². The Morgan fingerprint density at radius 2 is 1.80 bits per heavy atom. The van der Waals surface area contributed by atoms with Gasteiger partial charge in [-0.3, -0.25) is 4.79 Å². The third kappa shape index (κ3) is 2.73. The molecule has 98 valence electrons. The molecule has 3 heteroatoms. The summed E-state index contributed by atoms with van der Waals surface area (Å²) in [5.74, 6) is 0.0627. The summed E-state index contributed by atoms with van der Waals surface area (Å²) in [5.41, 5.74) is 0.697. The number of Topliss-reactive ketones (excluding diaryl/α,β-unsaturated/α-hetero) is 1. The molecule has 1 heterocycles. The monoisotopic (exact) mass is 279 g/mol. The van der Waals surface area contributed by atoms with Crippen molar-refractivity contribution in [1.29, 1.82) is 0 Å². The molecule has 1 aromatic heterocycles. The van der Waals surface area contributed by atoms with E-state index in [9.17, 15) is 4.79 Å². The Hall–Kier alpha value is -2.13. The molecular formula is C17H13NOS. The molecule has 3 aromatic rings. The number of hydrogen-bond acceptors (Lipinski definition) is 3. The Morgan fingerprint density at radius 1 is 1.00 bits per heavy atom. The molecule has 0 aliphatic heterocycles. The number of hydrogen-bond donors (Lipinski definition) is 0. The lowest BCUT2D eigenvalue weighted by Crippen LogP contribution is -1.92. The maximum Gasteiger partial charge on any atom is 0.159 e. The number of ketones is 1. The third-order valence-corrected chi connectivity index (χ3v) is 4.01. The molecular weight excluding hydrogens is 266 g/mol. The van der Waals surface area contributed by atoms with Gasteiger partial charge in [0.15, 0.2) is 5.78 Å². The smallest absolute Gasteiger partial charge is 0.159 e. The molecule has 0 aliphatic rings. The van der Waals surface area contributed by atoms with E-state index in [1.165, 1.54) is 10.8 Å². The number of rotatable bonds is 3. The first-order valence-corrected chi connectivity index (χ1v) is 7.18. The number of pyridine rings is 1. The van der Waals surface area contributed by atoms with Crippen molar-refractivity contribution in [2.24, 2.45) is 0 Å². The van der Waals surface area contributed by atoms with E-state index in [2.05, 4.69) is 35.3 Å². The highest BCUT2D eigenvalue weighted by molar-refractivity contribution is 7.99. The van der Waals surface area contributed by atoms with E-state index < -0.39 is 0 Å². The van der Waals surface area contributed by atoms with Crippen LogP contribution in [0.2, 0.25) is 0 Å². The van der Waals surface area contributed by atoms with Crippen LogP contribution < -0.4 is 0 Å². The topological polar surface area (TPSA) is 30.0 Å². The van der Waals surface area contributed by atoms with Crippen molar-refractivity contribution < 1.29 is 4.79 Å². The Balaban J connectivity index is 1.92. The first kappa shape index (κ1) is 12.9. The first-order valence-electron chi connectivity index (χ1n) is 6.36. The average Bonchev–Trinajstić information content (AvgIpc) is 2.47. The molecule has 0 unspecified atom stereocenters. The number of benzene rings is 2. The van der Waals surface area contributed by atoms with Crippen molar-refractivity contribution >= 4 is 28.3 Å². The zero-order chi connectivity index (χ0) is 13.9. The van der Waals surface area contributed by atoms with Gasteiger partial charge in [-0.25, -0.2) is 4.98 Å². The molecule has 0 fully saturated rings. The minimum atomic E-state index is 0.0627. The van der Waals surface area contributed by atoms with Crippen molar-refractivity contribution in [1.82, 2.24) is 4.98 Å². The number of aromatic nitrogens is 1. The van der Waals surface area contributed by atoms with Gasteiger partial charge in [0.1, 0.15) is 5.03 Å². The standard InChI is InChI=1S/C17H13NOS/c1-12(19)14-8-9-18-17(11-14)20-16-7-6-13-4-2-3-5-15(13)10-16/h2-11H,1H3. The summed E-state index contributed by atoms with van der Waals surface area (Å²) in [6.45, 7) is 1.57. The largest absolute Gasteiger partial charge is 0.295 e. The molecule has 0 radical (unpaired) electrons. The predicted octanol–water partition coefficient (Wildman–Crippen LogP) is 4.59. The Labute approximate surface area is 121 Å². The van der Waals surface area contributed by atoms with Crippen molar-refractivity contribution in [2.75, 3.05) is 0 Å². The highest BCUT2D eigenvalue weighted by atomic mass is 32.2. The minimum absolute atomic E-state index is 0.0627. The van der Waals surface area contributed by atoms with E-state index in [-0.39, 0.29) is 5.78 Å². The normalized spacial score (nSPS) is 10.7. The summed E-state index contributed by atoms with van der Waals surface area (Å²) in [6, 6.07) is 18.2. The van der Waals surface area contributed by atoms with Crippen LogP contribution in [0, 0.1) is 0 Å². The molecule has 0 amide bonds. The molecule has 0 spiro atoms.